The number of thioether (sulfide) groups is 1. The highest BCUT2D eigenvalue weighted by Crippen LogP contribution is 2.23. The van der Waals surface area contributed by atoms with E-state index in [1.54, 1.807) is 11.8 Å². The van der Waals surface area contributed by atoms with Crippen molar-refractivity contribution in [1.29, 1.82) is 0 Å². The molecular weight excluding hydrogens is 182 g/mol. The van der Waals surface area contributed by atoms with Crippen LogP contribution in [0.15, 0.2) is 33.9 Å². The van der Waals surface area contributed by atoms with E-state index in [9.17, 15) is 0 Å². The van der Waals surface area contributed by atoms with Gasteiger partial charge in [0.1, 0.15) is 5.52 Å². The molecule has 0 amide bonds. The van der Waals surface area contributed by atoms with Crippen molar-refractivity contribution in [2.45, 2.75) is 11.6 Å². The van der Waals surface area contributed by atoms with Crippen molar-refractivity contribution in [2.75, 3.05) is 5.75 Å². The maximum atomic E-state index is 5.49. The van der Waals surface area contributed by atoms with E-state index in [1.807, 2.05) is 24.3 Å². The molecule has 0 spiro atoms. The molecule has 0 aliphatic rings. The van der Waals surface area contributed by atoms with Crippen LogP contribution in [0.4, 0.5) is 0 Å². The number of oxazole rings is 1. The van der Waals surface area contributed by atoms with Crippen molar-refractivity contribution >= 4 is 22.9 Å². The Bertz CT molecular complexity index is 363. The van der Waals surface area contributed by atoms with Gasteiger partial charge in [-0.2, -0.15) is 0 Å². The second-order valence-corrected chi connectivity index (χ2v) is 3.70. The Kier molecular flexibility index (Phi) is 2.54. The number of para-hydroxylation sites is 2. The topological polar surface area (TPSA) is 26.0 Å². The van der Waals surface area contributed by atoms with E-state index in [4.69, 9.17) is 4.42 Å². The number of aromatic nitrogens is 1. The van der Waals surface area contributed by atoms with Crippen molar-refractivity contribution < 1.29 is 4.42 Å². The molecule has 0 atom stereocenters. The fraction of sp³-hybridized carbons (Fsp3) is 0.200. The number of hydrogen-bond donors (Lipinski definition) is 0. The minimum Gasteiger partial charge on any atom is -0.431 e. The van der Waals surface area contributed by atoms with E-state index in [2.05, 4.69) is 11.9 Å². The van der Waals surface area contributed by atoms with Crippen molar-refractivity contribution in [1.82, 2.24) is 4.98 Å². The maximum absolute atomic E-state index is 5.49. The van der Waals surface area contributed by atoms with Gasteiger partial charge in [-0.3, -0.25) is 0 Å². The molecule has 0 N–H and O–H groups in total. The van der Waals surface area contributed by atoms with Gasteiger partial charge in [-0.15, -0.1) is 0 Å². The summed E-state index contributed by atoms with van der Waals surface area (Å²) in [6.45, 7) is 3.76. The zero-order chi connectivity index (χ0) is 9.10. The molecule has 13 heavy (non-hydrogen) atoms. The molecule has 1 radical (unpaired) electrons. The summed E-state index contributed by atoms with van der Waals surface area (Å²) in [5.74, 6) is 0.951. The predicted molar refractivity (Wildman–Crippen MR) is 54.7 cm³/mol. The van der Waals surface area contributed by atoms with Gasteiger partial charge in [0.2, 0.25) is 0 Å². The minimum absolute atomic E-state index is 0.741. The summed E-state index contributed by atoms with van der Waals surface area (Å²) in [4.78, 5) is 4.32. The Balaban J connectivity index is 2.28. The molecule has 0 aliphatic heterocycles. The molecule has 1 heterocycles. The highest BCUT2D eigenvalue weighted by atomic mass is 32.2. The van der Waals surface area contributed by atoms with Crippen LogP contribution in [-0.2, 0) is 0 Å². The van der Waals surface area contributed by atoms with Crippen LogP contribution in [0.1, 0.15) is 6.42 Å². The summed E-state index contributed by atoms with van der Waals surface area (Å²) >= 11 is 1.61. The third-order valence-corrected chi connectivity index (χ3v) is 2.56. The highest BCUT2D eigenvalue weighted by Gasteiger charge is 2.03. The third kappa shape index (κ3) is 1.86. The summed E-state index contributed by atoms with van der Waals surface area (Å²) in [5.41, 5.74) is 1.78. The zero-order valence-electron chi connectivity index (χ0n) is 7.19. The Labute approximate surface area is 81.3 Å². The monoisotopic (exact) mass is 192 g/mol. The fourth-order valence-electron chi connectivity index (χ4n) is 1.07. The van der Waals surface area contributed by atoms with E-state index in [1.165, 1.54) is 0 Å². The summed E-state index contributed by atoms with van der Waals surface area (Å²) in [6.07, 6.45) is 0.892. The number of hydrogen-bond acceptors (Lipinski definition) is 3. The Morgan fingerprint density at radius 2 is 2.23 bits per heavy atom. The zero-order valence-corrected chi connectivity index (χ0v) is 8.01. The lowest BCUT2D eigenvalue weighted by Crippen LogP contribution is -1.74. The molecule has 67 valence electrons. The van der Waals surface area contributed by atoms with Gasteiger partial charge in [0.15, 0.2) is 5.58 Å². The maximum Gasteiger partial charge on any atom is 0.256 e. The molecule has 0 fully saturated rings. The van der Waals surface area contributed by atoms with Gasteiger partial charge in [0.25, 0.3) is 5.22 Å². The standard InChI is InChI=1S/C10H10NOS/c1-2-7-13-10-11-8-5-3-4-6-9(8)12-10/h3-6H,1-2,7H2. The SMILES string of the molecule is [CH2]CCSc1nc2ccccc2o1. The molecule has 1 aromatic carbocycles. The normalized spacial score (nSPS) is 10.8. The first kappa shape index (κ1) is 8.63. The molecule has 2 rings (SSSR count). The molecule has 0 unspecified atom stereocenters. The highest BCUT2D eigenvalue weighted by molar-refractivity contribution is 7.99. The average molecular weight is 192 g/mol. The second-order valence-electron chi connectivity index (χ2n) is 2.65. The van der Waals surface area contributed by atoms with Gasteiger partial charge in [-0.1, -0.05) is 30.8 Å². The quantitative estimate of drug-likeness (QED) is 0.699. The van der Waals surface area contributed by atoms with Crippen LogP contribution in [-0.4, -0.2) is 10.7 Å². The second kappa shape index (κ2) is 3.83. The minimum atomic E-state index is 0.741. The summed E-state index contributed by atoms with van der Waals surface area (Å²) in [6, 6.07) is 7.79. The largest absolute Gasteiger partial charge is 0.431 e. The van der Waals surface area contributed by atoms with Gasteiger partial charge < -0.3 is 4.42 Å². The van der Waals surface area contributed by atoms with Crippen LogP contribution in [0, 0.1) is 6.92 Å². The van der Waals surface area contributed by atoms with Crippen LogP contribution in [0.25, 0.3) is 11.1 Å². The van der Waals surface area contributed by atoms with Gasteiger partial charge in [0.05, 0.1) is 0 Å². The van der Waals surface area contributed by atoms with Crippen LogP contribution < -0.4 is 0 Å². The van der Waals surface area contributed by atoms with Gasteiger partial charge >= 0.3 is 0 Å². The Morgan fingerprint density at radius 1 is 1.38 bits per heavy atom. The number of nitrogens with zero attached hydrogens (tertiary/aromatic N) is 1. The predicted octanol–water partition coefficient (Wildman–Crippen LogP) is 3.14. The lowest BCUT2D eigenvalue weighted by molar-refractivity contribution is 0.489. The van der Waals surface area contributed by atoms with Gasteiger partial charge in [-0.25, -0.2) is 4.98 Å². The molecule has 2 nitrogen and oxygen atoms in total. The lowest BCUT2D eigenvalue weighted by Gasteiger charge is -1.88. The van der Waals surface area contributed by atoms with Crippen LogP contribution in [0.5, 0.6) is 0 Å². The summed E-state index contributed by atoms with van der Waals surface area (Å²) in [5, 5.41) is 0.741. The molecule has 2 aromatic rings. The average Bonchev–Trinajstić information content (AvgIpc) is 2.57. The first-order chi connectivity index (χ1) is 6.40. The van der Waals surface area contributed by atoms with Crippen LogP contribution in [0.2, 0.25) is 0 Å². The van der Waals surface area contributed by atoms with E-state index >= 15 is 0 Å². The Hall–Kier alpha value is -0.960. The number of rotatable bonds is 3. The first-order valence-corrected chi connectivity index (χ1v) is 5.16. The summed E-state index contributed by atoms with van der Waals surface area (Å²) < 4.78 is 5.49. The van der Waals surface area contributed by atoms with Gasteiger partial charge in [-0.05, 0) is 18.6 Å². The Morgan fingerprint density at radius 3 is 3.00 bits per heavy atom. The van der Waals surface area contributed by atoms with E-state index in [0.717, 1.165) is 28.5 Å². The summed E-state index contributed by atoms with van der Waals surface area (Å²) in [7, 11) is 0. The van der Waals surface area contributed by atoms with Crippen molar-refractivity contribution in [3.05, 3.63) is 31.2 Å². The number of benzene rings is 1. The van der Waals surface area contributed by atoms with E-state index < -0.39 is 0 Å². The van der Waals surface area contributed by atoms with Crippen molar-refractivity contribution in [2.24, 2.45) is 0 Å². The smallest absolute Gasteiger partial charge is 0.256 e. The molecular formula is C10H10NOS. The van der Waals surface area contributed by atoms with Crippen LogP contribution in [0.3, 0.4) is 0 Å². The fourth-order valence-corrected chi connectivity index (χ4v) is 1.70. The van der Waals surface area contributed by atoms with Gasteiger partial charge in [0, 0.05) is 5.75 Å². The molecule has 0 saturated heterocycles. The van der Waals surface area contributed by atoms with Crippen LogP contribution >= 0.6 is 11.8 Å². The molecule has 0 aliphatic carbocycles. The van der Waals surface area contributed by atoms with Crippen molar-refractivity contribution in [3.63, 3.8) is 0 Å². The number of fused-ring (bicyclic) bond motifs is 1. The first-order valence-electron chi connectivity index (χ1n) is 4.18. The molecule has 3 heteroatoms. The lowest BCUT2D eigenvalue weighted by atomic mass is 10.3. The molecule has 0 bridgehead atoms. The molecule has 1 aromatic heterocycles. The van der Waals surface area contributed by atoms with E-state index in [0.29, 0.717) is 0 Å². The molecule has 0 saturated carbocycles. The van der Waals surface area contributed by atoms with Crippen molar-refractivity contribution in [3.8, 4) is 0 Å². The van der Waals surface area contributed by atoms with E-state index in [-0.39, 0.29) is 0 Å². The third-order valence-electron chi connectivity index (χ3n) is 1.64.